The molecule has 0 aliphatic heterocycles. The average molecular weight is 514 g/mol. The third-order valence-corrected chi connectivity index (χ3v) is 5.92. The summed E-state index contributed by atoms with van der Waals surface area (Å²) in [5.74, 6) is 1.27. The predicted octanol–water partition coefficient (Wildman–Crippen LogP) is 6.12. The molecule has 1 saturated carbocycles. The number of benzene rings is 2. The molecule has 2 aromatic rings. The van der Waals surface area contributed by atoms with Crippen molar-refractivity contribution in [3.8, 4) is 5.75 Å². The first-order valence-corrected chi connectivity index (χ1v) is 10.5. The number of halogens is 2. The molecule has 3 rings (SSSR count). The minimum absolute atomic E-state index is 0.00885. The van der Waals surface area contributed by atoms with Crippen LogP contribution < -0.4 is 10.1 Å². The second-order valence-electron chi connectivity index (χ2n) is 6.36. The molecule has 2 aromatic carbocycles. The van der Waals surface area contributed by atoms with Crippen molar-refractivity contribution in [3.05, 3.63) is 56.1 Å². The maximum atomic E-state index is 12.1. The lowest BCUT2D eigenvalue weighted by atomic mass is 9.84. The van der Waals surface area contributed by atoms with Crippen molar-refractivity contribution in [2.24, 2.45) is 0 Å². The molecular weight excluding hydrogens is 493 g/mol. The van der Waals surface area contributed by atoms with Crippen LogP contribution in [-0.4, -0.2) is 12.5 Å². The Bertz CT molecular complexity index is 727. The fourth-order valence-corrected chi connectivity index (χ4v) is 4.64. The quantitative estimate of drug-likeness (QED) is 0.489. The molecule has 0 saturated heterocycles. The topological polar surface area (TPSA) is 38.3 Å². The minimum Gasteiger partial charge on any atom is -0.484 e. The molecule has 0 bridgehead atoms. The van der Waals surface area contributed by atoms with Gasteiger partial charge in [-0.1, -0.05) is 47.3 Å². The van der Waals surface area contributed by atoms with E-state index >= 15 is 0 Å². The number of rotatable bonds is 5. The van der Waals surface area contributed by atoms with E-state index in [1.807, 2.05) is 30.3 Å². The highest BCUT2D eigenvalue weighted by atomic mass is 127. The monoisotopic (exact) mass is 513 g/mol. The van der Waals surface area contributed by atoms with Crippen molar-refractivity contribution < 1.29 is 9.53 Å². The van der Waals surface area contributed by atoms with Crippen LogP contribution in [0, 0.1) is 3.57 Å². The van der Waals surface area contributed by atoms with E-state index in [9.17, 15) is 4.79 Å². The van der Waals surface area contributed by atoms with E-state index in [0.29, 0.717) is 5.92 Å². The third kappa shape index (κ3) is 5.45. The summed E-state index contributed by atoms with van der Waals surface area (Å²) in [6.07, 6.45) is 6.60. The molecule has 0 heterocycles. The summed E-state index contributed by atoms with van der Waals surface area (Å²) in [6, 6.07) is 14.0. The zero-order chi connectivity index (χ0) is 17.6. The number of ether oxygens (including phenoxy) is 1. The Morgan fingerprint density at radius 1 is 1.12 bits per heavy atom. The Morgan fingerprint density at radius 2 is 1.84 bits per heavy atom. The van der Waals surface area contributed by atoms with E-state index < -0.39 is 0 Å². The lowest BCUT2D eigenvalue weighted by Crippen LogP contribution is -2.20. The summed E-state index contributed by atoms with van der Waals surface area (Å²) < 4.78 is 7.60. The first-order chi connectivity index (χ1) is 12.1. The molecule has 1 N–H and O–H groups in total. The van der Waals surface area contributed by atoms with Crippen LogP contribution in [0.25, 0.3) is 0 Å². The van der Waals surface area contributed by atoms with Crippen LogP contribution in [-0.2, 0) is 4.79 Å². The van der Waals surface area contributed by atoms with Crippen molar-refractivity contribution >= 4 is 50.1 Å². The zero-order valence-electron chi connectivity index (χ0n) is 13.9. The molecule has 0 radical (unpaired) electrons. The number of amides is 1. The smallest absolute Gasteiger partial charge is 0.262 e. The van der Waals surface area contributed by atoms with Crippen LogP contribution in [0.1, 0.15) is 43.6 Å². The number of nitrogens with one attached hydrogen (secondary N) is 1. The molecule has 1 aliphatic rings. The van der Waals surface area contributed by atoms with Crippen LogP contribution in [0.4, 0.5) is 5.69 Å². The van der Waals surface area contributed by atoms with Gasteiger partial charge in [0.2, 0.25) is 0 Å². The van der Waals surface area contributed by atoms with E-state index in [0.717, 1.165) is 19.5 Å². The molecule has 1 amide bonds. The molecule has 1 fully saturated rings. The van der Waals surface area contributed by atoms with Gasteiger partial charge in [0, 0.05) is 8.04 Å². The molecule has 5 heteroatoms. The van der Waals surface area contributed by atoms with E-state index in [-0.39, 0.29) is 12.5 Å². The molecule has 25 heavy (non-hydrogen) atoms. The lowest BCUT2D eigenvalue weighted by molar-refractivity contribution is -0.118. The fourth-order valence-electron chi connectivity index (χ4n) is 3.20. The first-order valence-electron chi connectivity index (χ1n) is 8.59. The second kappa shape index (κ2) is 9.03. The van der Waals surface area contributed by atoms with Gasteiger partial charge in [-0.15, -0.1) is 0 Å². The van der Waals surface area contributed by atoms with Crippen LogP contribution in [0.2, 0.25) is 0 Å². The van der Waals surface area contributed by atoms with Crippen molar-refractivity contribution in [1.29, 1.82) is 0 Å². The first kappa shape index (κ1) is 18.7. The van der Waals surface area contributed by atoms with Gasteiger partial charge < -0.3 is 10.1 Å². The Balaban J connectivity index is 1.51. The largest absolute Gasteiger partial charge is 0.484 e. The highest BCUT2D eigenvalue weighted by Gasteiger charge is 2.15. The highest BCUT2D eigenvalue weighted by Crippen LogP contribution is 2.33. The molecular formula is C20H21BrINO2. The maximum absolute atomic E-state index is 12.1. The standard InChI is InChI=1S/C20H21BrINO2/c21-16-8-11-19(18(22)12-16)23-20(24)13-25-17-9-6-15(7-10-17)14-4-2-1-3-5-14/h6-12,14H,1-5,13H2,(H,23,24). The number of hydrogen-bond acceptors (Lipinski definition) is 2. The average Bonchev–Trinajstić information content (AvgIpc) is 2.63. The van der Waals surface area contributed by atoms with Crippen LogP contribution in [0.15, 0.2) is 46.9 Å². The van der Waals surface area contributed by atoms with Gasteiger partial charge in [0.1, 0.15) is 5.75 Å². The lowest BCUT2D eigenvalue weighted by Gasteiger charge is -2.22. The summed E-state index contributed by atoms with van der Waals surface area (Å²) in [4.78, 5) is 12.1. The van der Waals surface area contributed by atoms with Crippen molar-refractivity contribution in [2.75, 3.05) is 11.9 Å². The van der Waals surface area contributed by atoms with Crippen molar-refractivity contribution in [1.82, 2.24) is 0 Å². The summed E-state index contributed by atoms with van der Waals surface area (Å²) in [6.45, 7) is 0.00885. The zero-order valence-corrected chi connectivity index (χ0v) is 17.7. The predicted molar refractivity (Wildman–Crippen MR) is 113 cm³/mol. The van der Waals surface area contributed by atoms with Gasteiger partial charge in [0.15, 0.2) is 6.61 Å². The Morgan fingerprint density at radius 3 is 2.52 bits per heavy atom. The van der Waals surface area contributed by atoms with E-state index in [1.165, 1.54) is 37.7 Å². The molecule has 0 aromatic heterocycles. The third-order valence-electron chi connectivity index (χ3n) is 4.53. The second-order valence-corrected chi connectivity index (χ2v) is 8.44. The molecule has 0 unspecified atom stereocenters. The summed E-state index contributed by atoms with van der Waals surface area (Å²) in [5, 5.41) is 2.88. The van der Waals surface area contributed by atoms with Crippen LogP contribution in [0.3, 0.4) is 0 Å². The van der Waals surface area contributed by atoms with Gasteiger partial charge >= 0.3 is 0 Å². The van der Waals surface area contributed by atoms with Crippen LogP contribution in [0.5, 0.6) is 5.75 Å². The number of hydrogen-bond donors (Lipinski definition) is 1. The molecule has 0 atom stereocenters. The molecule has 1 aliphatic carbocycles. The van der Waals surface area contributed by atoms with Crippen molar-refractivity contribution in [3.63, 3.8) is 0 Å². The Labute approximate surface area is 170 Å². The SMILES string of the molecule is O=C(COc1ccc(C2CCCCC2)cc1)Nc1ccc(Br)cc1I. The van der Waals surface area contributed by atoms with E-state index in [2.05, 4.69) is 56.0 Å². The van der Waals surface area contributed by atoms with E-state index in [4.69, 9.17) is 4.74 Å². The van der Waals surface area contributed by atoms with E-state index in [1.54, 1.807) is 0 Å². The number of carbonyl (C=O) groups is 1. The van der Waals surface area contributed by atoms with Gasteiger partial charge in [0.05, 0.1) is 5.69 Å². The number of anilines is 1. The van der Waals surface area contributed by atoms with Crippen LogP contribution >= 0.6 is 38.5 Å². The van der Waals surface area contributed by atoms with Gasteiger partial charge in [0.25, 0.3) is 5.91 Å². The van der Waals surface area contributed by atoms with Gasteiger partial charge in [-0.2, -0.15) is 0 Å². The van der Waals surface area contributed by atoms with Gasteiger partial charge in [-0.3, -0.25) is 4.79 Å². The minimum atomic E-state index is -0.156. The van der Waals surface area contributed by atoms with Gasteiger partial charge in [-0.05, 0) is 77.2 Å². The summed E-state index contributed by atoms with van der Waals surface area (Å²) in [7, 11) is 0. The molecule has 3 nitrogen and oxygen atoms in total. The van der Waals surface area contributed by atoms with Crippen molar-refractivity contribution in [2.45, 2.75) is 38.0 Å². The summed E-state index contributed by atoms with van der Waals surface area (Å²) >= 11 is 5.61. The molecule has 132 valence electrons. The highest BCUT2D eigenvalue weighted by molar-refractivity contribution is 14.1. The molecule has 0 spiro atoms. The Hall–Kier alpha value is -1.08. The maximum Gasteiger partial charge on any atom is 0.262 e. The van der Waals surface area contributed by atoms with Gasteiger partial charge in [-0.25, -0.2) is 0 Å². The normalized spacial score (nSPS) is 15.0. The number of carbonyl (C=O) groups excluding carboxylic acids is 1. The summed E-state index contributed by atoms with van der Waals surface area (Å²) in [5.41, 5.74) is 2.19. The fraction of sp³-hybridized carbons (Fsp3) is 0.350. The Kier molecular flexibility index (Phi) is 6.76.